The molecule has 1 aromatic heterocycles. The molecule has 0 bridgehead atoms. The zero-order valence-electron chi connectivity index (χ0n) is 10.6. The van der Waals surface area contributed by atoms with Gasteiger partial charge in [0.15, 0.2) is 0 Å². The topological polar surface area (TPSA) is 59.4 Å². The fraction of sp³-hybridized carbons (Fsp3) is 0.143. The van der Waals surface area contributed by atoms with E-state index in [-0.39, 0.29) is 4.88 Å². The number of aryl methyl sites for hydroxylation is 1. The number of hydrogen-bond acceptors (Lipinski definition) is 4. The number of benzene rings is 1. The first-order valence-electron chi connectivity index (χ1n) is 5.63. The van der Waals surface area contributed by atoms with Gasteiger partial charge in [0.05, 0.1) is 12.8 Å². The molecule has 0 aliphatic rings. The summed E-state index contributed by atoms with van der Waals surface area (Å²) in [5.41, 5.74) is 1.55. The lowest BCUT2D eigenvalue weighted by Crippen LogP contribution is -1.94. The van der Waals surface area contributed by atoms with E-state index in [0.29, 0.717) is 10.7 Å². The highest BCUT2D eigenvalue weighted by atomic mass is 32.1. The van der Waals surface area contributed by atoms with Crippen molar-refractivity contribution in [2.24, 2.45) is 0 Å². The maximum absolute atomic E-state index is 10.9. The molecule has 0 radical (unpaired) electrons. The van der Waals surface area contributed by atoms with Crippen molar-refractivity contribution in [2.45, 2.75) is 6.92 Å². The largest absolute Gasteiger partial charge is 0.497 e. The van der Waals surface area contributed by atoms with E-state index in [1.165, 1.54) is 11.3 Å². The van der Waals surface area contributed by atoms with E-state index in [0.717, 1.165) is 11.3 Å². The molecule has 98 valence electrons. The van der Waals surface area contributed by atoms with Gasteiger partial charge >= 0.3 is 5.97 Å². The van der Waals surface area contributed by atoms with E-state index in [1.807, 2.05) is 36.4 Å². The minimum Gasteiger partial charge on any atom is -0.497 e. The normalized spacial score (nSPS) is 10.8. The Morgan fingerprint density at radius 1 is 1.32 bits per heavy atom. The van der Waals surface area contributed by atoms with Crippen LogP contribution in [0.1, 0.15) is 25.9 Å². The van der Waals surface area contributed by atoms with E-state index in [2.05, 4.69) is 4.98 Å². The Morgan fingerprint density at radius 2 is 2.00 bits per heavy atom. The molecule has 19 heavy (non-hydrogen) atoms. The zero-order valence-corrected chi connectivity index (χ0v) is 11.4. The molecule has 0 unspecified atom stereocenters. The second-order valence-electron chi connectivity index (χ2n) is 3.88. The molecule has 1 N–H and O–H groups in total. The summed E-state index contributed by atoms with van der Waals surface area (Å²) in [5, 5.41) is 9.64. The molecule has 0 atom stereocenters. The highest BCUT2D eigenvalue weighted by molar-refractivity contribution is 7.14. The lowest BCUT2D eigenvalue weighted by Gasteiger charge is -1.98. The van der Waals surface area contributed by atoms with Crippen LogP contribution in [0.25, 0.3) is 12.2 Å². The number of aromatic carboxylic acids is 1. The number of carboxylic acids is 1. The van der Waals surface area contributed by atoms with E-state index < -0.39 is 5.97 Å². The number of thiazole rings is 1. The molecular formula is C14H13NO3S. The smallest absolute Gasteiger partial charge is 0.347 e. The molecule has 1 aromatic carbocycles. The van der Waals surface area contributed by atoms with Crippen molar-refractivity contribution in [2.75, 3.05) is 7.11 Å². The number of carboxylic acid groups (broad SMARTS) is 1. The monoisotopic (exact) mass is 275 g/mol. The fourth-order valence-electron chi connectivity index (χ4n) is 1.57. The van der Waals surface area contributed by atoms with Crippen molar-refractivity contribution in [3.05, 3.63) is 45.4 Å². The minimum atomic E-state index is -0.931. The van der Waals surface area contributed by atoms with Crippen LogP contribution in [0.3, 0.4) is 0 Å². The predicted octanol–water partition coefficient (Wildman–Crippen LogP) is 3.33. The predicted molar refractivity (Wildman–Crippen MR) is 75.7 cm³/mol. The summed E-state index contributed by atoms with van der Waals surface area (Å²) in [7, 11) is 1.62. The van der Waals surface area contributed by atoms with Crippen molar-refractivity contribution >= 4 is 29.5 Å². The van der Waals surface area contributed by atoms with Gasteiger partial charge in [0.2, 0.25) is 0 Å². The van der Waals surface area contributed by atoms with E-state index in [9.17, 15) is 4.79 Å². The van der Waals surface area contributed by atoms with Gasteiger partial charge in [-0.25, -0.2) is 9.78 Å². The molecule has 4 nitrogen and oxygen atoms in total. The van der Waals surface area contributed by atoms with E-state index in [1.54, 1.807) is 14.0 Å². The molecule has 0 spiro atoms. The van der Waals surface area contributed by atoms with Crippen LogP contribution in [0, 0.1) is 6.92 Å². The second-order valence-corrected chi connectivity index (χ2v) is 4.91. The number of methoxy groups -OCH3 is 1. The zero-order chi connectivity index (χ0) is 13.8. The van der Waals surface area contributed by atoms with Crippen molar-refractivity contribution in [1.82, 2.24) is 4.98 Å². The average molecular weight is 275 g/mol. The van der Waals surface area contributed by atoms with Gasteiger partial charge in [-0.1, -0.05) is 18.2 Å². The first-order chi connectivity index (χ1) is 9.10. The Morgan fingerprint density at radius 3 is 2.53 bits per heavy atom. The van der Waals surface area contributed by atoms with Gasteiger partial charge in [0, 0.05) is 0 Å². The summed E-state index contributed by atoms with van der Waals surface area (Å²) >= 11 is 1.17. The minimum absolute atomic E-state index is 0.286. The molecule has 2 aromatic rings. The van der Waals surface area contributed by atoms with Crippen molar-refractivity contribution in [3.63, 3.8) is 0 Å². The molecule has 0 fully saturated rings. The number of rotatable bonds is 4. The molecule has 0 aliphatic heterocycles. The first-order valence-corrected chi connectivity index (χ1v) is 6.44. The summed E-state index contributed by atoms with van der Waals surface area (Å²) in [6.07, 6.45) is 3.70. The number of carbonyl (C=O) groups is 1. The van der Waals surface area contributed by atoms with Gasteiger partial charge in [0.25, 0.3) is 0 Å². The molecule has 0 saturated heterocycles. The van der Waals surface area contributed by atoms with Gasteiger partial charge < -0.3 is 9.84 Å². The SMILES string of the molecule is COc1ccc(C=Cc2nc(C)c(C(=O)O)s2)cc1. The summed E-state index contributed by atoms with van der Waals surface area (Å²) in [5.74, 6) is -0.130. The summed E-state index contributed by atoms with van der Waals surface area (Å²) in [6.45, 7) is 1.70. The molecule has 1 heterocycles. The quantitative estimate of drug-likeness (QED) is 0.929. The molecule has 0 aliphatic carbocycles. The highest BCUT2D eigenvalue weighted by Crippen LogP contribution is 2.20. The van der Waals surface area contributed by atoms with Gasteiger partial charge in [0.1, 0.15) is 15.6 Å². The van der Waals surface area contributed by atoms with Crippen LogP contribution in [0.5, 0.6) is 5.75 Å². The maximum Gasteiger partial charge on any atom is 0.347 e. The second kappa shape index (κ2) is 5.67. The number of hydrogen-bond donors (Lipinski definition) is 1. The van der Waals surface area contributed by atoms with Gasteiger partial charge in [-0.05, 0) is 30.7 Å². The number of aromatic nitrogens is 1. The van der Waals surface area contributed by atoms with Crippen LogP contribution >= 0.6 is 11.3 Å². The molecule has 0 saturated carbocycles. The van der Waals surface area contributed by atoms with E-state index in [4.69, 9.17) is 9.84 Å². The highest BCUT2D eigenvalue weighted by Gasteiger charge is 2.12. The van der Waals surface area contributed by atoms with Gasteiger partial charge in [-0.15, -0.1) is 11.3 Å². The fourth-order valence-corrected chi connectivity index (χ4v) is 2.38. The van der Waals surface area contributed by atoms with Gasteiger partial charge in [-0.3, -0.25) is 0 Å². The third kappa shape index (κ3) is 3.20. The Labute approximate surface area is 115 Å². The maximum atomic E-state index is 10.9. The van der Waals surface area contributed by atoms with E-state index >= 15 is 0 Å². The Balaban J connectivity index is 2.17. The van der Waals surface area contributed by atoms with Gasteiger partial charge in [-0.2, -0.15) is 0 Å². The van der Waals surface area contributed by atoms with Crippen molar-refractivity contribution in [3.8, 4) is 5.75 Å². The lowest BCUT2D eigenvalue weighted by atomic mass is 10.2. The van der Waals surface area contributed by atoms with Crippen LogP contribution in [0.15, 0.2) is 24.3 Å². The van der Waals surface area contributed by atoms with Crippen molar-refractivity contribution < 1.29 is 14.6 Å². The molecule has 2 rings (SSSR count). The average Bonchev–Trinajstić information content (AvgIpc) is 2.78. The van der Waals surface area contributed by atoms with Crippen molar-refractivity contribution in [1.29, 1.82) is 0 Å². The van der Waals surface area contributed by atoms with Crippen LogP contribution in [0.4, 0.5) is 0 Å². The third-order valence-electron chi connectivity index (χ3n) is 2.54. The summed E-state index contributed by atoms with van der Waals surface area (Å²) < 4.78 is 5.08. The van der Waals surface area contributed by atoms with Crippen LogP contribution in [0.2, 0.25) is 0 Å². The summed E-state index contributed by atoms with van der Waals surface area (Å²) in [4.78, 5) is 15.4. The first kappa shape index (κ1) is 13.3. The molecule has 5 heteroatoms. The van der Waals surface area contributed by atoms with Crippen LogP contribution < -0.4 is 4.74 Å². The Hall–Kier alpha value is -2.14. The van der Waals surface area contributed by atoms with Crippen LogP contribution in [-0.4, -0.2) is 23.2 Å². The Kier molecular flexibility index (Phi) is 3.97. The lowest BCUT2D eigenvalue weighted by molar-refractivity contribution is 0.0701. The summed E-state index contributed by atoms with van der Waals surface area (Å²) in [6, 6.07) is 7.59. The molecular weight excluding hydrogens is 262 g/mol. The number of nitrogens with zero attached hydrogens (tertiary/aromatic N) is 1. The third-order valence-corrected chi connectivity index (χ3v) is 3.65. The Bertz CT molecular complexity index is 614. The molecule has 0 amide bonds. The number of ether oxygens (including phenoxy) is 1. The standard InChI is InChI=1S/C14H13NO3S/c1-9-13(14(16)17)19-12(15-9)8-5-10-3-6-11(18-2)7-4-10/h3-8H,1-2H3,(H,16,17). The van der Waals surface area contributed by atoms with Crippen LogP contribution in [-0.2, 0) is 0 Å².